The van der Waals surface area contributed by atoms with Crippen LogP contribution in [-0.4, -0.2) is 59.2 Å². The van der Waals surface area contributed by atoms with Crippen molar-refractivity contribution in [2.24, 2.45) is 7.05 Å². The van der Waals surface area contributed by atoms with Crippen molar-refractivity contribution in [2.45, 2.75) is 25.0 Å². The fraction of sp³-hybridized carbons (Fsp3) is 0.476. The number of ether oxygens (including phenoxy) is 1. The van der Waals surface area contributed by atoms with Gasteiger partial charge in [0, 0.05) is 26.3 Å². The standard InChI is InChI=1S/C21H26ClN3O2/c1-23-14-17(22)13-18(23)21(26)25-11-12-27-19(15-24-9-5-6-10-24)20(25)16-7-3-2-4-8-16/h2-4,7-8,13-14,19-20H,5-6,9-12,15H2,1H3/t19-,20-/m0/s1. The van der Waals surface area contributed by atoms with Crippen molar-refractivity contribution in [3.05, 3.63) is 58.9 Å². The fourth-order valence-electron chi connectivity index (χ4n) is 4.26. The lowest BCUT2D eigenvalue weighted by atomic mass is 9.97. The maximum Gasteiger partial charge on any atom is 0.271 e. The molecule has 0 radical (unpaired) electrons. The van der Waals surface area contributed by atoms with Crippen LogP contribution in [0.1, 0.15) is 34.9 Å². The van der Waals surface area contributed by atoms with Crippen LogP contribution in [0.5, 0.6) is 0 Å². The molecule has 0 bridgehead atoms. The van der Waals surface area contributed by atoms with Gasteiger partial charge in [-0.2, -0.15) is 0 Å². The smallest absolute Gasteiger partial charge is 0.271 e. The van der Waals surface area contributed by atoms with Gasteiger partial charge < -0.3 is 19.1 Å². The number of carbonyl (C=O) groups excluding carboxylic acids is 1. The number of aromatic nitrogens is 1. The van der Waals surface area contributed by atoms with E-state index in [4.69, 9.17) is 16.3 Å². The Morgan fingerprint density at radius 2 is 1.93 bits per heavy atom. The molecular weight excluding hydrogens is 362 g/mol. The van der Waals surface area contributed by atoms with E-state index >= 15 is 0 Å². The zero-order valence-corrected chi connectivity index (χ0v) is 16.4. The maximum absolute atomic E-state index is 13.4. The lowest BCUT2D eigenvalue weighted by molar-refractivity contribution is -0.0709. The Bertz CT molecular complexity index is 786. The minimum absolute atomic E-state index is 0.00738. The van der Waals surface area contributed by atoms with Gasteiger partial charge >= 0.3 is 0 Å². The van der Waals surface area contributed by atoms with E-state index in [9.17, 15) is 4.79 Å². The molecule has 2 saturated heterocycles. The topological polar surface area (TPSA) is 37.7 Å². The summed E-state index contributed by atoms with van der Waals surface area (Å²) >= 11 is 6.12. The molecule has 2 aromatic rings. The summed E-state index contributed by atoms with van der Waals surface area (Å²) in [5.74, 6) is 0.00738. The van der Waals surface area contributed by atoms with Gasteiger partial charge in [0.15, 0.2) is 0 Å². The molecule has 3 heterocycles. The molecule has 0 spiro atoms. The quantitative estimate of drug-likeness (QED) is 0.807. The first-order valence-electron chi connectivity index (χ1n) is 9.65. The number of hydrogen-bond donors (Lipinski definition) is 0. The lowest BCUT2D eigenvalue weighted by Gasteiger charge is -2.42. The molecule has 2 atom stereocenters. The number of likely N-dealkylation sites (tertiary alicyclic amines) is 1. The number of aryl methyl sites for hydroxylation is 1. The molecule has 0 N–H and O–H groups in total. The van der Waals surface area contributed by atoms with Gasteiger partial charge in [-0.15, -0.1) is 0 Å². The predicted octanol–water partition coefficient (Wildman–Crippen LogP) is 3.36. The molecule has 5 nitrogen and oxygen atoms in total. The summed E-state index contributed by atoms with van der Waals surface area (Å²) in [5.41, 5.74) is 1.73. The summed E-state index contributed by atoms with van der Waals surface area (Å²) in [4.78, 5) is 17.8. The molecular formula is C21H26ClN3O2. The first-order valence-corrected chi connectivity index (χ1v) is 10.0. The van der Waals surface area contributed by atoms with Gasteiger partial charge in [-0.25, -0.2) is 0 Å². The van der Waals surface area contributed by atoms with Crippen LogP contribution >= 0.6 is 11.6 Å². The Morgan fingerprint density at radius 3 is 2.59 bits per heavy atom. The molecule has 6 heteroatoms. The molecule has 0 unspecified atom stereocenters. The van der Waals surface area contributed by atoms with Gasteiger partial charge in [-0.05, 0) is 37.6 Å². The Kier molecular flexibility index (Phi) is 5.53. The number of nitrogens with zero attached hydrogens (tertiary/aromatic N) is 3. The van der Waals surface area contributed by atoms with E-state index in [-0.39, 0.29) is 18.1 Å². The summed E-state index contributed by atoms with van der Waals surface area (Å²) < 4.78 is 7.99. The zero-order valence-electron chi connectivity index (χ0n) is 15.7. The first-order chi connectivity index (χ1) is 13.1. The van der Waals surface area contributed by atoms with Crippen LogP contribution in [0.15, 0.2) is 42.6 Å². The van der Waals surface area contributed by atoms with Gasteiger partial charge in [0.1, 0.15) is 5.69 Å². The molecule has 144 valence electrons. The molecule has 2 aliphatic rings. The Morgan fingerprint density at radius 1 is 1.19 bits per heavy atom. The van der Waals surface area contributed by atoms with Crippen molar-refractivity contribution in [2.75, 3.05) is 32.8 Å². The Labute approximate surface area is 165 Å². The second kappa shape index (κ2) is 8.05. The molecule has 4 rings (SSSR count). The maximum atomic E-state index is 13.4. The van der Waals surface area contributed by atoms with E-state index in [1.165, 1.54) is 12.8 Å². The van der Waals surface area contributed by atoms with E-state index in [2.05, 4.69) is 17.0 Å². The summed E-state index contributed by atoms with van der Waals surface area (Å²) in [6, 6.07) is 11.9. The van der Waals surface area contributed by atoms with E-state index in [0.29, 0.717) is 23.9 Å². The highest BCUT2D eigenvalue weighted by Gasteiger charge is 2.38. The van der Waals surface area contributed by atoms with Crippen LogP contribution in [0.25, 0.3) is 0 Å². The molecule has 2 aliphatic heterocycles. The van der Waals surface area contributed by atoms with Crippen LogP contribution in [0.4, 0.5) is 0 Å². The normalized spacial score (nSPS) is 23.7. The average molecular weight is 388 g/mol. The molecule has 2 fully saturated rings. The highest BCUT2D eigenvalue weighted by atomic mass is 35.5. The Balaban J connectivity index is 1.65. The Hall–Kier alpha value is -1.82. The van der Waals surface area contributed by atoms with Crippen LogP contribution in [-0.2, 0) is 11.8 Å². The van der Waals surface area contributed by atoms with Crippen LogP contribution in [0.3, 0.4) is 0 Å². The van der Waals surface area contributed by atoms with Gasteiger partial charge in [-0.1, -0.05) is 41.9 Å². The highest BCUT2D eigenvalue weighted by Crippen LogP contribution is 2.32. The van der Waals surface area contributed by atoms with E-state index in [1.54, 1.807) is 16.8 Å². The monoisotopic (exact) mass is 387 g/mol. The van der Waals surface area contributed by atoms with Crippen LogP contribution < -0.4 is 0 Å². The summed E-state index contributed by atoms with van der Waals surface area (Å²) in [5, 5.41) is 0.582. The number of rotatable bonds is 4. The molecule has 1 aromatic heterocycles. The van der Waals surface area contributed by atoms with E-state index in [0.717, 1.165) is 25.2 Å². The second-order valence-corrected chi connectivity index (χ2v) is 7.86. The average Bonchev–Trinajstić information content (AvgIpc) is 3.30. The van der Waals surface area contributed by atoms with Crippen molar-refractivity contribution in [3.8, 4) is 0 Å². The third kappa shape index (κ3) is 3.91. The number of carbonyl (C=O) groups is 1. The summed E-state index contributed by atoms with van der Waals surface area (Å²) in [6.07, 6.45) is 4.23. The van der Waals surface area contributed by atoms with Gasteiger partial charge in [0.05, 0.1) is 23.8 Å². The number of benzene rings is 1. The summed E-state index contributed by atoms with van der Waals surface area (Å²) in [6.45, 7) is 4.23. The van der Waals surface area contributed by atoms with Crippen molar-refractivity contribution < 1.29 is 9.53 Å². The summed E-state index contributed by atoms with van der Waals surface area (Å²) in [7, 11) is 1.86. The zero-order chi connectivity index (χ0) is 18.8. The lowest BCUT2D eigenvalue weighted by Crippen LogP contribution is -2.51. The molecule has 0 saturated carbocycles. The second-order valence-electron chi connectivity index (χ2n) is 7.43. The third-order valence-corrected chi connectivity index (χ3v) is 5.79. The van der Waals surface area contributed by atoms with Gasteiger partial charge in [-0.3, -0.25) is 4.79 Å². The fourth-order valence-corrected chi connectivity index (χ4v) is 4.51. The molecule has 0 aliphatic carbocycles. The number of halogens is 1. The van der Waals surface area contributed by atoms with E-state index in [1.807, 2.05) is 30.1 Å². The first kappa shape index (κ1) is 18.5. The number of amides is 1. The van der Waals surface area contributed by atoms with Crippen molar-refractivity contribution >= 4 is 17.5 Å². The number of morpholine rings is 1. The minimum Gasteiger partial charge on any atom is -0.373 e. The van der Waals surface area contributed by atoms with Gasteiger partial charge in [0.25, 0.3) is 5.91 Å². The molecule has 1 amide bonds. The van der Waals surface area contributed by atoms with Gasteiger partial charge in [0.2, 0.25) is 0 Å². The molecule has 1 aromatic carbocycles. The van der Waals surface area contributed by atoms with Crippen LogP contribution in [0, 0.1) is 0 Å². The van der Waals surface area contributed by atoms with Crippen molar-refractivity contribution in [1.29, 1.82) is 0 Å². The van der Waals surface area contributed by atoms with E-state index < -0.39 is 0 Å². The predicted molar refractivity (Wildman–Crippen MR) is 106 cm³/mol. The number of hydrogen-bond acceptors (Lipinski definition) is 3. The van der Waals surface area contributed by atoms with Crippen LogP contribution in [0.2, 0.25) is 5.02 Å². The molecule has 27 heavy (non-hydrogen) atoms. The highest BCUT2D eigenvalue weighted by molar-refractivity contribution is 6.31. The third-order valence-electron chi connectivity index (χ3n) is 5.58. The SMILES string of the molecule is Cn1cc(Cl)cc1C(=O)N1CCO[C@@H](CN2CCCC2)[C@@H]1c1ccccc1. The van der Waals surface area contributed by atoms with Crippen molar-refractivity contribution in [3.63, 3.8) is 0 Å². The van der Waals surface area contributed by atoms with Crippen molar-refractivity contribution in [1.82, 2.24) is 14.4 Å². The largest absolute Gasteiger partial charge is 0.373 e. The minimum atomic E-state index is -0.0956.